The van der Waals surface area contributed by atoms with Gasteiger partial charge in [0, 0.05) is 17.0 Å². The van der Waals surface area contributed by atoms with Gasteiger partial charge < -0.3 is 10.4 Å². The number of aliphatic carboxylic acids is 1. The van der Waals surface area contributed by atoms with Gasteiger partial charge in [0.25, 0.3) is 5.91 Å². The first-order valence-corrected chi connectivity index (χ1v) is 8.40. The number of carbonyl (C=O) groups is 2. The first-order chi connectivity index (χ1) is 10.1. The lowest BCUT2D eigenvalue weighted by atomic mass is 10.1. The van der Waals surface area contributed by atoms with Gasteiger partial charge >= 0.3 is 5.97 Å². The molecule has 1 amide bonds. The fourth-order valence-electron chi connectivity index (χ4n) is 2.16. The Morgan fingerprint density at radius 2 is 2.29 bits per heavy atom. The molecule has 0 aromatic carbocycles. The quantitative estimate of drug-likeness (QED) is 0.857. The molecule has 5 nitrogen and oxygen atoms in total. The molecule has 2 heterocycles. The molecule has 7 heteroatoms. The summed E-state index contributed by atoms with van der Waals surface area (Å²) in [6.45, 7) is 0. The third-order valence-corrected chi connectivity index (χ3v) is 5.13. The average Bonchev–Trinajstić information content (AvgIpc) is 2.95. The zero-order valence-electron chi connectivity index (χ0n) is 11.1. The highest BCUT2D eigenvalue weighted by Crippen LogP contribution is 2.34. The van der Waals surface area contributed by atoms with Crippen molar-refractivity contribution in [3.63, 3.8) is 0 Å². The molecule has 1 fully saturated rings. The Bertz CT molecular complexity index is 647. The molecule has 0 radical (unpaired) electrons. The topological polar surface area (TPSA) is 79.3 Å². The summed E-state index contributed by atoms with van der Waals surface area (Å²) in [5.74, 6) is -0.808. The van der Waals surface area contributed by atoms with Crippen LogP contribution in [0.5, 0.6) is 0 Å². The Hall–Kier alpha value is -1.73. The monoisotopic (exact) mass is 322 g/mol. The minimum absolute atomic E-state index is 0.0212. The number of carboxylic acid groups (broad SMARTS) is 1. The first kappa shape index (κ1) is 14.2. The maximum absolute atomic E-state index is 12.2. The molecule has 1 saturated carbocycles. The number of thiazole rings is 1. The van der Waals surface area contributed by atoms with Gasteiger partial charge in [0.1, 0.15) is 9.88 Å². The summed E-state index contributed by atoms with van der Waals surface area (Å²) in [6, 6.07) is 1.68. The number of rotatable bonds is 6. The fraction of sp³-hybridized carbons (Fsp3) is 0.357. The third kappa shape index (κ3) is 3.48. The van der Waals surface area contributed by atoms with Crippen molar-refractivity contribution < 1.29 is 14.7 Å². The van der Waals surface area contributed by atoms with E-state index in [1.807, 2.05) is 16.8 Å². The Morgan fingerprint density at radius 1 is 1.48 bits per heavy atom. The van der Waals surface area contributed by atoms with Gasteiger partial charge in [0.2, 0.25) is 0 Å². The second-order valence-electron chi connectivity index (χ2n) is 5.06. The summed E-state index contributed by atoms with van der Waals surface area (Å²) in [5, 5.41) is 16.5. The molecule has 1 atom stereocenters. The van der Waals surface area contributed by atoms with Crippen molar-refractivity contribution in [2.45, 2.75) is 25.3 Å². The Labute approximate surface area is 129 Å². The van der Waals surface area contributed by atoms with Gasteiger partial charge in [-0.25, -0.2) is 4.98 Å². The number of amides is 1. The fourth-order valence-corrected chi connectivity index (χ4v) is 3.69. The van der Waals surface area contributed by atoms with E-state index >= 15 is 0 Å². The number of hydrogen-bond donors (Lipinski definition) is 2. The van der Waals surface area contributed by atoms with Gasteiger partial charge in [-0.05, 0) is 30.2 Å². The minimum Gasteiger partial charge on any atom is -0.481 e. The molecule has 0 aliphatic heterocycles. The van der Waals surface area contributed by atoms with Crippen LogP contribution >= 0.6 is 22.7 Å². The molecule has 0 bridgehead atoms. The summed E-state index contributed by atoms with van der Waals surface area (Å²) >= 11 is 2.91. The zero-order chi connectivity index (χ0) is 14.8. The van der Waals surface area contributed by atoms with Gasteiger partial charge in [0.05, 0.1) is 12.6 Å². The molecular weight excluding hydrogens is 308 g/mol. The van der Waals surface area contributed by atoms with Crippen molar-refractivity contribution in [2.75, 3.05) is 0 Å². The van der Waals surface area contributed by atoms with Crippen molar-refractivity contribution in [2.24, 2.45) is 5.92 Å². The van der Waals surface area contributed by atoms with Crippen LogP contribution in [-0.2, 0) is 4.79 Å². The number of nitrogens with one attached hydrogen (secondary N) is 1. The lowest BCUT2D eigenvalue weighted by Crippen LogP contribution is -2.37. The van der Waals surface area contributed by atoms with Crippen LogP contribution in [0.15, 0.2) is 23.0 Å². The maximum Gasteiger partial charge on any atom is 0.305 e. The zero-order valence-corrected chi connectivity index (χ0v) is 12.7. The lowest BCUT2D eigenvalue weighted by molar-refractivity contribution is -0.137. The van der Waals surface area contributed by atoms with Crippen LogP contribution in [0.25, 0.3) is 10.6 Å². The molecule has 0 saturated heterocycles. The van der Waals surface area contributed by atoms with Crippen LogP contribution in [-0.4, -0.2) is 28.0 Å². The normalized spacial score (nSPS) is 15.6. The largest absolute Gasteiger partial charge is 0.481 e. The van der Waals surface area contributed by atoms with Crippen molar-refractivity contribution in [1.29, 1.82) is 0 Å². The van der Waals surface area contributed by atoms with Crippen LogP contribution in [0, 0.1) is 5.92 Å². The van der Waals surface area contributed by atoms with Crippen LogP contribution < -0.4 is 5.32 Å². The molecule has 0 spiro atoms. The smallest absolute Gasteiger partial charge is 0.305 e. The van der Waals surface area contributed by atoms with E-state index in [1.54, 1.807) is 17.5 Å². The van der Waals surface area contributed by atoms with Crippen molar-refractivity contribution in [3.8, 4) is 10.6 Å². The number of carbonyl (C=O) groups excluding carboxylic acids is 1. The van der Waals surface area contributed by atoms with Gasteiger partial charge in [0.15, 0.2) is 0 Å². The molecular formula is C14H14N2O3S2. The molecule has 2 aromatic rings. The summed E-state index contributed by atoms with van der Waals surface area (Å²) in [4.78, 5) is 27.9. The second kappa shape index (κ2) is 5.95. The van der Waals surface area contributed by atoms with Crippen molar-refractivity contribution in [3.05, 3.63) is 27.9 Å². The highest BCUT2D eigenvalue weighted by Gasteiger charge is 2.34. The van der Waals surface area contributed by atoms with E-state index < -0.39 is 5.97 Å². The Balaban J connectivity index is 1.68. The highest BCUT2D eigenvalue weighted by atomic mass is 32.1. The van der Waals surface area contributed by atoms with Crippen LogP contribution in [0.2, 0.25) is 0 Å². The molecule has 3 rings (SSSR count). The van der Waals surface area contributed by atoms with Gasteiger partial charge in [-0.15, -0.1) is 11.3 Å². The van der Waals surface area contributed by atoms with E-state index in [-0.39, 0.29) is 18.4 Å². The standard InChI is InChI=1S/C14H14N2O3S2/c17-12(18)5-10(8-1-2-8)16-13(19)11-6-15-14(21-11)9-3-4-20-7-9/h3-4,6-8,10H,1-2,5H2,(H,16,19)(H,17,18). The Morgan fingerprint density at radius 3 is 2.90 bits per heavy atom. The number of nitrogens with zero attached hydrogens (tertiary/aromatic N) is 1. The number of aromatic nitrogens is 1. The van der Waals surface area contributed by atoms with Crippen molar-refractivity contribution in [1.82, 2.24) is 10.3 Å². The SMILES string of the molecule is O=C(O)CC(NC(=O)c1cnc(-c2ccsc2)s1)C1CC1. The second-order valence-corrected chi connectivity index (χ2v) is 6.87. The van der Waals surface area contributed by atoms with Gasteiger partial charge in [-0.2, -0.15) is 11.3 Å². The maximum atomic E-state index is 12.2. The first-order valence-electron chi connectivity index (χ1n) is 6.64. The van der Waals surface area contributed by atoms with E-state index in [1.165, 1.54) is 11.3 Å². The van der Waals surface area contributed by atoms with E-state index in [0.29, 0.717) is 10.8 Å². The van der Waals surface area contributed by atoms with Crippen LogP contribution in [0.4, 0.5) is 0 Å². The summed E-state index contributed by atoms with van der Waals surface area (Å²) < 4.78 is 0. The molecule has 1 aliphatic carbocycles. The number of thiophene rings is 1. The highest BCUT2D eigenvalue weighted by molar-refractivity contribution is 7.17. The van der Waals surface area contributed by atoms with E-state index in [9.17, 15) is 9.59 Å². The molecule has 110 valence electrons. The number of hydrogen-bond acceptors (Lipinski definition) is 5. The van der Waals surface area contributed by atoms with Gasteiger partial charge in [-0.3, -0.25) is 9.59 Å². The third-order valence-electron chi connectivity index (χ3n) is 3.40. The summed E-state index contributed by atoms with van der Waals surface area (Å²) in [6.07, 6.45) is 3.51. The van der Waals surface area contributed by atoms with Crippen LogP contribution in [0.3, 0.4) is 0 Å². The Kier molecular flexibility index (Phi) is 4.03. The predicted octanol–water partition coefficient (Wildman–Crippen LogP) is 2.85. The molecule has 2 N–H and O–H groups in total. The molecule has 2 aromatic heterocycles. The summed E-state index contributed by atoms with van der Waals surface area (Å²) in [5.41, 5.74) is 1.01. The van der Waals surface area contributed by atoms with Crippen LogP contribution in [0.1, 0.15) is 28.9 Å². The number of carboxylic acids is 1. The van der Waals surface area contributed by atoms with E-state index in [2.05, 4.69) is 10.3 Å². The summed E-state index contributed by atoms with van der Waals surface area (Å²) in [7, 11) is 0. The minimum atomic E-state index is -0.879. The van der Waals surface area contributed by atoms with E-state index in [0.717, 1.165) is 23.4 Å². The lowest BCUT2D eigenvalue weighted by Gasteiger charge is -2.15. The molecule has 1 aliphatic rings. The molecule has 21 heavy (non-hydrogen) atoms. The predicted molar refractivity (Wildman–Crippen MR) is 81.7 cm³/mol. The average molecular weight is 322 g/mol. The molecule has 1 unspecified atom stereocenters. The van der Waals surface area contributed by atoms with Crippen molar-refractivity contribution >= 4 is 34.6 Å². The van der Waals surface area contributed by atoms with E-state index in [4.69, 9.17) is 5.11 Å². The van der Waals surface area contributed by atoms with Gasteiger partial charge in [-0.1, -0.05) is 0 Å².